The largest absolute Gasteiger partial charge is 0.352 e. The molecule has 0 N–H and O–H groups in total. The van der Waals surface area contributed by atoms with Gasteiger partial charge >= 0.3 is 5.69 Å². The monoisotopic (exact) mass is 460 g/mol. The first-order valence-corrected chi connectivity index (χ1v) is 11.9. The van der Waals surface area contributed by atoms with Gasteiger partial charge in [-0.2, -0.15) is 9.78 Å². The van der Waals surface area contributed by atoms with E-state index in [1.807, 2.05) is 63.2 Å². The third kappa shape index (κ3) is 4.88. The lowest BCUT2D eigenvalue weighted by Gasteiger charge is -2.30. The van der Waals surface area contributed by atoms with E-state index in [-0.39, 0.29) is 18.3 Å². The molecule has 1 aromatic heterocycles. The molecule has 0 spiro atoms. The fourth-order valence-electron chi connectivity index (χ4n) is 4.71. The van der Waals surface area contributed by atoms with Gasteiger partial charge in [-0.3, -0.25) is 14.2 Å². The van der Waals surface area contributed by atoms with E-state index in [0.717, 1.165) is 58.9 Å². The summed E-state index contributed by atoms with van der Waals surface area (Å²) in [5, 5.41) is 4.34. The van der Waals surface area contributed by atoms with E-state index in [1.165, 1.54) is 4.68 Å². The molecule has 0 bridgehead atoms. The van der Waals surface area contributed by atoms with Crippen LogP contribution >= 0.6 is 0 Å². The molecule has 1 fully saturated rings. The number of benzene rings is 2. The van der Waals surface area contributed by atoms with Crippen LogP contribution in [0.2, 0.25) is 0 Å². The SMILES string of the molecule is Cc1ccc(Cn2c(=O)c(C(=O)N(C)C3CCCCC3)nn(-c3cc(C)cc(C)c3)c2=O)cc1. The topological polar surface area (TPSA) is 77.2 Å². The van der Waals surface area contributed by atoms with Crippen molar-refractivity contribution < 1.29 is 4.79 Å². The van der Waals surface area contributed by atoms with E-state index in [9.17, 15) is 14.4 Å². The quantitative estimate of drug-likeness (QED) is 0.581. The van der Waals surface area contributed by atoms with Crippen LogP contribution in [0.5, 0.6) is 0 Å². The van der Waals surface area contributed by atoms with Crippen LogP contribution in [0, 0.1) is 20.8 Å². The standard InChI is InChI=1S/C27H32N4O3/c1-18-10-12-21(13-11-18)17-30-26(33)24(25(32)29(4)22-8-6-5-7-9-22)28-31(27(30)34)23-15-19(2)14-20(3)16-23/h10-16,22H,5-9,17H2,1-4H3. The van der Waals surface area contributed by atoms with Crippen LogP contribution in [0.4, 0.5) is 0 Å². The predicted octanol–water partition coefficient (Wildman–Crippen LogP) is 3.77. The van der Waals surface area contributed by atoms with Crippen LogP contribution in [0.25, 0.3) is 5.69 Å². The molecule has 4 rings (SSSR count). The highest BCUT2D eigenvalue weighted by Crippen LogP contribution is 2.22. The summed E-state index contributed by atoms with van der Waals surface area (Å²) < 4.78 is 2.31. The maximum absolute atomic E-state index is 13.5. The lowest BCUT2D eigenvalue weighted by Crippen LogP contribution is -2.48. The Balaban J connectivity index is 1.86. The predicted molar refractivity (Wildman–Crippen MR) is 133 cm³/mol. The molecule has 2 aromatic carbocycles. The fraction of sp³-hybridized carbons (Fsp3) is 0.407. The van der Waals surface area contributed by atoms with E-state index in [4.69, 9.17) is 0 Å². The van der Waals surface area contributed by atoms with Gasteiger partial charge in [0.25, 0.3) is 11.5 Å². The first-order valence-electron chi connectivity index (χ1n) is 11.9. The minimum Gasteiger partial charge on any atom is -0.337 e. The normalized spacial score (nSPS) is 14.2. The molecule has 1 aliphatic carbocycles. The Kier molecular flexibility index (Phi) is 6.82. The van der Waals surface area contributed by atoms with Crippen molar-refractivity contribution in [3.05, 3.63) is 91.3 Å². The molecule has 0 aliphatic heterocycles. The van der Waals surface area contributed by atoms with Gasteiger partial charge in [-0.15, -0.1) is 0 Å². The van der Waals surface area contributed by atoms with Crippen LogP contribution in [0.15, 0.2) is 52.1 Å². The summed E-state index contributed by atoms with van der Waals surface area (Å²) in [7, 11) is 1.73. The number of hydrogen-bond acceptors (Lipinski definition) is 4. The van der Waals surface area contributed by atoms with Gasteiger partial charge in [-0.1, -0.05) is 55.2 Å². The summed E-state index contributed by atoms with van der Waals surface area (Å²) in [5.41, 5.74) is 2.92. The highest BCUT2D eigenvalue weighted by atomic mass is 16.2. The number of aryl methyl sites for hydroxylation is 3. The zero-order valence-electron chi connectivity index (χ0n) is 20.4. The summed E-state index contributed by atoms with van der Waals surface area (Å²) in [4.78, 5) is 42.0. The minimum atomic E-state index is -0.654. The molecule has 1 aliphatic rings. The average molecular weight is 461 g/mol. The molecule has 1 amide bonds. The molecule has 3 aromatic rings. The van der Waals surface area contributed by atoms with Crippen LogP contribution in [-0.2, 0) is 6.54 Å². The van der Waals surface area contributed by atoms with Gasteiger partial charge < -0.3 is 4.90 Å². The Morgan fingerprint density at radius 1 is 0.941 bits per heavy atom. The third-order valence-corrected chi connectivity index (χ3v) is 6.62. The summed E-state index contributed by atoms with van der Waals surface area (Å²) >= 11 is 0. The van der Waals surface area contributed by atoms with Crippen molar-refractivity contribution in [2.45, 2.75) is 65.5 Å². The van der Waals surface area contributed by atoms with Gasteiger partial charge in [-0.25, -0.2) is 4.79 Å². The van der Waals surface area contributed by atoms with Crippen molar-refractivity contribution in [1.82, 2.24) is 19.2 Å². The number of carbonyl (C=O) groups excluding carboxylic acids is 1. The number of aromatic nitrogens is 3. The second kappa shape index (κ2) is 9.79. The van der Waals surface area contributed by atoms with Gasteiger partial charge in [0.15, 0.2) is 0 Å². The number of amides is 1. The van der Waals surface area contributed by atoms with Crippen molar-refractivity contribution in [1.29, 1.82) is 0 Å². The number of hydrogen-bond donors (Lipinski definition) is 0. The summed E-state index contributed by atoms with van der Waals surface area (Å²) in [6.45, 7) is 5.92. The summed E-state index contributed by atoms with van der Waals surface area (Å²) in [6.07, 6.45) is 5.12. The number of carbonyl (C=O) groups is 1. The molecule has 0 atom stereocenters. The van der Waals surface area contributed by atoms with Crippen LogP contribution in [-0.4, -0.2) is 38.2 Å². The Morgan fingerprint density at radius 3 is 2.18 bits per heavy atom. The van der Waals surface area contributed by atoms with Crippen molar-refractivity contribution in [2.75, 3.05) is 7.05 Å². The smallest absolute Gasteiger partial charge is 0.337 e. The maximum atomic E-state index is 13.5. The van der Waals surface area contributed by atoms with E-state index in [2.05, 4.69) is 5.10 Å². The lowest BCUT2D eigenvalue weighted by molar-refractivity contribution is 0.0684. The molecule has 1 heterocycles. The third-order valence-electron chi connectivity index (χ3n) is 6.62. The van der Waals surface area contributed by atoms with Crippen LogP contribution in [0.3, 0.4) is 0 Å². The van der Waals surface area contributed by atoms with Crippen molar-refractivity contribution in [3.8, 4) is 5.69 Å². The van der Waals surface area contributed by atoms with Crippen molar-refractivity contribution in [3.63, 3.8) is 0 Å². The Bertz CT molecular complexity index is 1290. The molecular weight excluding hydrogens is 428 g/mol. The Labute approximate surface area is 199 Å². The Morgan fingerprint density at radius 2 is 1.56 bits per heavy atom. The molecule has 0 unspecified atom stereocenters. The van der Waals surface area contributed by atoms with Crippen molar-refractivity contribution >= 4 is 5.91 Å². The second-order valence-corrected chi connectivity index (χ2v) is 9.47. The molecular formula is C27H32N4O3. The molecule has 34 heavy (non-hydrogen) atoms. The maximum Gasteiger partial charge on any atom is 0.352 e. The number of nitrogens with zero attached hydrogens (tertiary/aromatic N) is 4. The molecule has 0 saturated heterocycles. The second-order valence-electron chi connectivity index (χ2n) is 9.47. The molecule has 1 saturated carbocycles. The van der Waals surface area contributed by atoms with E-state index < -0.39 is 17.2 Å². The molecule has 178 valence electrons. The molecule has 7 heteroatoms. The first kappa shape index (κ1) is 23.7. The molecule has 7 nitrogen and oxygen atoms in total. The van der Waals surface area contributed by atoms with Crippen molar-refractivity contribution in [2.24, 2.45) is 0 Å². The highest BCUT2D eigenvalue weighted by Gasteiger charge is 2.28. The summed E-state index contributed by atoms with van der Waals surface area (Å²) in [6, 6.07) is 13.4. The van der Waals surface area contributed by atoms with Gasteiger partial charge in [0.05, 0.1) is 12.2 Å². The van der Waals surface area contributed by atoms with Gasteiger partial charge in [0.2, 0.25) is 5.69 Å². The van der Waals surface area contributed by atoms with E-state index >= 15 is 0 Å². The zero-order chi connectivity index (χ0) is 24.4. The van der Waals surface area contributed by atoms with E-state index in [1.54, 1.807) is 11.9 Å². The first-order chi connectivity index (χ1) is 16.2. The zero-order valence-corrected chi connectivity index (χ0v) is 20.4. The average Bonchev–Trinajstić information content (AvgIpc) is 2.82. The highest BCUT2D eigenvalue weighted by molar-refractivity contribution is 5.91. The van der Waals surface area contributed by atoms with E-state index in [0.29, 0.717) is 5.69 Å². The number of rotatable bonds is 5. The van der Waals surface area contributed by atoms with Gasteiger partial charge in [-0.05, 0) is 62.4 Å². The summed E-state index contributed by atoms with van der Waals surface area (Å²) in [5.74, 6) is -0.437. The van der Waals surface area contributed by atoms with Gasteiger partial charge in [0.1, 0.15) is 0 Å². The lowest BCUT2D eigenvalue weighted by atomic mass is 9.94. The fourth-order valence-corrected chi connectivity index (χ4v) is 4.71. The molecule has 0 radical (unpaired) electrons. The van der Waals surface area contributed by atoms with Crippen LogP contribution in [0.1, 0.15) is 64.8 Å². The Hall–Kier alpha value is -3.48. The van der Waals surface area contributed by atoms with Crippen LogP contribution < -0.4 is 11.2 Å². The minimum absolute atomic E-state index is 0.0681. The van der Waals surface area contributed by atoms with Gasteiger partial charge in [0, 0.05) is 13.1 Å².